The largest absolute Gasteiger partial charge is 0.346 e. The fraction of sp³-hybridized carbons (Fsp3) is 0.143. The van der Waals surface area contributed by atoms with Gasteiger partial charge in [-0.2, -0.15) is 0 Å². The summed E-state index contributed by atoms with van der Waals surface area (Å²) in [5.41, 5.74) is 1.94. The van der Waals surface area contributed by atoms with Gasteiger partial charge >= 0.3 is 0 Å². The SMILES string of the molecule is Cc1ccn2cc(CNC(=O)c3cc(Cl)nc(Cl)c3)nc2n1. The lowest BCUT2D eigenvalue weighted by Gasteiger charge is -2.04. The Labute approximate surface area is 136 Å². The lowest BCUT2D eigenvalue weighted by Crippen LogP contribution is -2.23. The van der Waals surface area contributed by atoms with Crippen LogP contribution >= 0.6 is 23.2 Å². The number of hydrogen-bond acceptors (Lipinski definition) is 4. The average Bonchev–Trinajstić information content (AvgIpc) is 2.85. The number of aromatic nitrogens is 4. The van der Waals surface area contributed by atoms with Gasteiger partial charge in [0.1, 0.15) is 10.3 Å². The van der Waals surface area contributed by atoms with Gasteiger partial charge in [0, 0.05) is 23.7 Å². The highest BCUT2D eigenvalue weighted by molar-refractivity contribution is 6.33. The van der Waals surface area contributed by atoms with E-state index in [1.54, 1.807) is 4.40 Å². The fourth-order valence-corrected chi connectivity index (χ4v) is 2.42. The van der Waals surface area contributed by atoms with Gasteiger partial charge in [-0.15, -0.1) is 0 Å². The number of carbonyl (C=O) groups excluding carboxylic acids is 1. The van der Waals surface area contributed by atoms with E-state index in [-0.39, 0.29) is 22.8 Å². The minimum Gasteiger partial charge on any atom is -0.346 e. The molecule has 0 bridgehead atoms. The summed E-state index contributed by atoms with van der Waals surface area (Å²) in [6.07, 6.45) is 3.69. The van der Waals surface area contributed by atoms with Crippen molar-refractivity contribution in [2.45, 2.75) is 13.5 Å². The number of pyridine rings is 1. The number of nitrogens with zero attached hydrogens (tertiary/aromatic N) is 4. The Balaban J connectivity index is 1.74. The molecule has 0 aliphatic rings. The minimum atomic E-state index is -0.299. The molecule has 0 aliphatic carbocycles. The Bertz CT molecular complexity index is 841. The predicted octanol–water partition coefficient (Wildman–Crippen LogP) is 2.67. The summed E-state index contributed by atoms with van der Waals surface area (Å²) < 4.78 is 1.80. The Morgan fingerprint density at radius 1 is 1.23 bits per heavy atom. The van der Waals surface area contributed by atoms with E-state index in [1.807, 2.05) is 25.4 Å². The molecule has 3 aromatic rings. The summed E-state index contributed by atoms with van der Waals surface area (Å²) in [6.45, 7) is 2.17. The number of nitrogens with one attached hydrogen (secondary N) is 1. The molecule has 8 heteroatoms. The van der Waals surface area contributed by atoms with Crippen LogP contribution in [-0.2, 0) is 6.54 Å². The first kappa shape index (κ1) is 14.7. The monoisotopic (exact) mass is 335 g/mol. The summed E-state index contributed by atoms with van der Waals surface area (Å²) in [5, 5.41) is 3.10. The molecular weight excluding hydrogens is 325 g/mol. The van der Waals surface area contributed by atoms with E-state index in [9.17, 15) is 4.79 Å². The third kappa shape index (κ3) is 3.18. The third-order valence-electron chi connectivity index (χ3n) is 2.97. The van der Waals surface area contributed by atoms with Gasteiger partial charge in [0.15, 0.2) is 0 Å². The molecule has 0 saturated carbocycles. The van der Waals surface area contributed by atoms with Crippen LogP contribution in [0.2, 0.25) is 10.3 Å². The maximum Gasteiger partial charge on any atom is 0.251 e. The topological polar surface area (TPSA) is 72.2 Å². The van der Waals surface area contributed by atoms with E-state index in [1.165, 1.54) is 12.1 Å². The van der Waals surface area contributed by atoms with Crippen LogP contribution in [0.15, 0.2) is 30.6 Å². The number of hydrogen-bond donors (Lipinski definition) is 1. The summed E-state index contributed by atoms with van der Waals surface area (Å²) in [7, 11) is 0. The van der Waals surface area contributed by atoms with E-state index in [4.69, 9.17) is 23.2 Å². The van der Waals surface area contributed by atoms with Crippen LogP contribution in [0.5, 0.6) is 0 Å². The highest BCUT2D eigenvalue weighted by Gasteiger charge is 2.10. The van der Waals surface area contributed by atoms with Crippen LogP contribution in [0.1, 0.15) is 21.7 Å². The molecule has 1 amide bonds. The first-order valence-electron chi connectivity index (χ1n) is 6.44. The minimum absolute atomic E-state index is 0.171. The summed E-state index contributed by atoms with van der Waals surface area (Å²) in [5.74, 6) is 0.298. The number of imidazole rings is 1. The summed E-state index contributed by atoms with van der Waals surface area (Å²) in [6, 6.07) is 4.80. The molecule has 3 heterocycles. The maximum atomic E-state index is 12.1. The molecule has 3 aromatic heterocycles. The van der Waals surface area contributed by atoms with Crippen molar-refractivity contribution < 1.29 is 4.79 Å². The smallest absolute Gasteiger partial charge is 0.251 e. The number of rotatable bonds is 3. The fourth-order valence-electron chi connectivity index (χ4n) is 1.96. The Morgan fingerprint density at radius 3 is 2.68 bits per heavy atom. The number of fused-ring (bicyclic) bond motifs is 1. The molecule has 6 nitrogen and oxygen atoms in total. The van der Waals surface area contributed by atoms with E-state index >= 15 is 0 Å². The molecular formula is C14H11Cl2N5O. The molecule has 0 aliphatic heterocycles. The molecule has 0 fully saturated rings. The van der Waals surface area contributed by atoms with Gasteiger partial charge in [-0.1, -0.05) is 23.2 Å². The molecule has 3 rings (SSSR count). The zero-order valence-corrected chi connectivity index (χ0v) is 13.1. The van der Waals surface area contributed by atoms with Gasteiger partial charge in [0.2, 0.25) is 5.78 Å². The van der Waals surface area contributed by atoms with E-state index < -0.39 is 0 Å². The van der Waals surface area contributed by atoms with Crippen LogP contribution in [0, 0.1) is 6.92 Å². The first-order chi connectivity index (χ1) is 10.5. The Kier molecular flexibility index (Phi) is 3.96. The lowest BCUT2D eigenvalue weighted by atomic mass is 10.2. The van der Waals surface area contributed by atoms with E-state index in [0.29, 0.717) is 17.0 Å². The summed E-state index contributed by atoms with van der Waals surface area (Å²) >= 11 is 11.6. The molecule has 1 N–H and O–H groups in total. The van der Waals surface area contributed by atoms with Crippen molar-refractivity contribution in [1.82, 2.24) is 24.7 Å². The molecule has 112 valence electrons. The van der Waals surface area contributed by atoms with Crippen molar-refractivity contribution in [2.75, 3.05) is 0 Å². The van der Waals surface area contributed by atoms with Crippen LogP contribution in [0.4, 0.5) is 0 Å². The van der Waals surface area contributed by atoms with Crippen molar-refractivity contribution >= 4 is 34.9 Å². The second-order valence-corrected chi connectivity index (χ2v) is 5.47. The van der Waals surface area contributed by atoms with Crippen molar-refractivity contribution in [2.24, 2.45) is 0 Å². The molecule has 0 aromatic carbocycles. The molecule has 22 heavy (non-hydrogen) atoms. The van der Waals surface area contributed by atoms with Gasteiger partial charge < -0.3 is 5.32 Å². The highest BCUT2D eigenvalue weighted by Crippen LogP contribution is 2.14. The van der Waals surface area contributed by atoms with Crippen LogP contribution < -0.4 is 5.32 Å². The molecule has 0 radical (unpaired) electrons. The zero-order chi connectivity index (χ0) is 15.7. The van der Waals surface area contributed by atoms with Gasteiger partial charge in [-0.05, 0) is 25.1 Å². The van der Waals surface area contributed by atoms with E-state index in [2.05, 4.69) is 20.3 Å². The Hall–Kier alpha value is -2.18. The molecule has 0 unspecified atom stereocenters. The molecule has 0 spiro atoms. The standard InChI is InChI=1S/C14H11Cl2N5O/c1-8-2-3-21-7-10(19-14(21)18-8)6-17-13(22)9-4-11(15)20-12(16)5-9/h2-5,7H,6H2,1H3,(H,17,22). The Morgan fingerprint density at radius 2 is 1.95 bits per heavy atom. The lowest BCUT2D eigenvalue weighted by molar-refractivity contribution is 0.0950. The third-order valence-corrected chi connectivity index (χ3v) is 3.36. The van der Waals surface area contributed by atoms with Crippen LogP contribution in [-0.4, -0.2) is 25.3 Å². The average molecular weight is 336 g/mol. The number of carbonyl (C=O) groups is 1. The first-order valence-corrected chi connectivity index (χ1v) is 7.19. The quantitative estimate of drug-likeness (QED) is 0.747. The van der Waals surface area contributed by atoms with Crippen molar-refractivity contribution in [3.63, 3.8) is 0 Å². The highest BCUT2D eigenvalue weighted by atomic mass is 35.5. The number of halogens is 2. The van der Waals surface area contributed by atoms with Crippen molar-refractivity contribution in [3.8, 4) is 0 Å². The summed E-state index contributed by atoms with van der Waals surface area (Å²) in [4.78, 5) is 24.5. The molecule has 0 atom stereocenters. The van der Waals surface area contributed by atoms with E-state index in [0.717, 1.165) is 5.69 Å². The normalized spacial score (nSPS) is 10.9. The second kappa shape index (κ2) is 5.90. The predicted molar refractivity (Wildman–Crippen MR) is 83.2 cm³/mol. The second-order valence-electron chi connectivity index (χ2n) is 4.69. The van der Waals surface area contributed by atoms with Gasteiger partial charge in [-0.3, -0.25) is 9.20 Å². The number of amides is 1. The van der Waals surface area contributed by atoms with Gasteiger partial charge in [-0.25, -0.2) is 15.0 Å². The number of aryl methyl sites for hydroxylation is 1. The van der Waals surface area contributed by atoms with Crippen molar-refractivity contribution in [1.29, 1.82) is 0 Å². The maximum absolute atomic E-state index is 12.1. The van der Waals surface area contributed by atoms with Gasteiger partial charge in [0.25, 0.3) is 5.91 Å². The molecule has 0 saturated heterocycles. The zero-order valence-electron chi connectivity index (χ0n) is 11.5. The van der Waals surface area contributed by atoms with Crippen LogP contribution in [0.25, 0.3) is 5.78 Å². The van der Waals surface area contributed by atoms with Crippen LogP contribution in [0.3, 0.4) is 0 Å². The van der Waals surface area contributed by atoms with Crippen molar-refractivity contribution in [3.05, 3.63) is 57.9 Å². The van der Waals surface area contributed by atoms with Gasteiger partial charge in [0.05, 0.1) is 12.2 Å².